The van der Waals surface area contributed by atoms with E-state index in [1.165, 1.54) is 122 Å². The molecule has 3 heterocycles. The van der Waals surface area contributed by atoms with Gasteiger partial charge in [-0.25, -0.2) is 0 Å². The predicted octanol–water partition coefficient (Wildman–Crippen LogP) is 6.49. The van der Waals surface area contributed by atoms with Crippen LogP contribution in [0, 0.1) is 0 Å². The Morgan fingerprint density at radius 3 is 1.27 bits per heavy atom. The van der Waals surface area contributed by atoms with Crippen LogP contribution in [0.25, 0.3) is 0 Å². The minimum atomic E-state index is -1.97. The first-order valence-electron chi connectivity index (χ1n) is 31.7. The van der Waals surface area contributed by atoms with Crippen molar-refractivity contribution in [3.63, 3.8) is 0 Å². The van der Waals surface area contributed by atoms with E-state index in [0.717, 1.165) is 64.2 Å². The summed E-state index contributed by atoms with van der Waals surface area (Å²) in [6.07, 6.45) is 22.3. The second-order valence-electron chi connectivity index (χ2n) is 22.9. The summed E-state index contributed by atoms with van der Waals surface area (Å²) in [6, 6.07) is -0.888. The number of aliphatic hydroxyl groups is 11. The van der Waals surface area contributed by atoms with Crippen LogP contribution in [-0.2, 0) is 33.2 Å². The van der Waals surface area contributed by atoms with Gasteiger partial charge >= 0.3 is 0 Å². The lowest BCUT2D eigenvalue weighted by molar-refractivity contribution is -0.379. The molecule has 19 nitrogen and oxygen atoms in total. The number of carbonyl (C=O) groups excluding carboxylic acids is 1. The van der Waals surface area contributed by atoms with E-state index < -0.39 is 124 Å². The Morgan fingerprint density at radius 1 is 0.444 bits per heavy atom. The fourth-order valence-electron chi connectivity index (χ4n) is 10.7. The first kappa shape index (κ1) is 73.3. The number of unbranched alkanes of at least 4 members (excludes halogenated alkanes) is 25. The molecule has 1 amide bonds. The number of rotatable bonds is 47. The van der Waals surface area contributed by atoms with Gasteiger partial charge in [0.25, 0.3) is 0 Å². The van der Waals surface area contributed by atoms with Gasteiger partial charge in [0.15, 0.2) is 18.9 Å². The smallest absolute Gasteiger partial charge is 0.220 e. The molecule has 0 aliphatic carbocycles. The monoisotopic (exact) mass is 1160 g/mol. The van der Waals surface area contributed by atoms with Crippen LogP contribution in [0.1, 0.15) is 219 Å². The summed E-state index contributed by atoms with van der Waals surface area (Å²) < 4.78 is 34.3. The summed E-state index contributed by atoms with van der Waals surface area (Å²) in [5.74, 6) is -0.249. The molecule has 3 rings (SSSR count). The minimum Gasteiger partial charge on any atom is -0.394 e. The van der Waals surface area contributed by atoms with Crippen LogP contribution < -0.4 is 5.32 Å². The molecule has 3 saturated heterocycles. The number of aliphatic hydroxyl groups excluding tert-OH is 11. The highest BCUT2D eigenvalue weighted by Gasteiger charge is 2.53. The number of allylic oxidation sites excluding steroid dienone is 6. The molecule has 0 aromatic rings. The number of hydrogen-bond acceptors (Lipinski definition) is 18. The molecule has 3 fully saturated rings. The molecular weight excluding hydrogens is 1050 g/mol. The van der Waals surface area contributed by atoms with Crippen LogP contribution >= 0.6 is 0 Å². The minimum absolute atomic E-state index is 0.249. The van der Waals surface area contributed by atoms with Crippen LogP contribution in [-0.4, -0.2) is 193 Å². The SMILES string of the molecule is CCCCCCC/C=C\C/C=C\C/C=C\CCCCCCCCCCCCC(=O)NC(COC1OC(CO)C(OC2OC(CO)C(OC3OC(CO)C(O)C(O)C3O)C(O)C2O)C(O)C1O)C(O)CCCCCCCCCCCCC. The number of nitrogens with one attached hydrogen (secondary N) is 1. The third kappa shape index (κ3) is 28.8. The van der Waals surface area contributed by atoms with Crippen molar-refractivity contribution >= 4 is 5.91 Å². The lowest BCUT2D eigenvalue weighted by Crippen LogP contribution is -2.66. The summed E-state index contributed by atoms with van der Waals surface area (Å²) >= 11 is 0. The third-order valence-corrected chi connectivity index (χ3v) is 16.0. The molecule has 12 N–H and O–H groups in total. The first-order chi connectivity index (χ1) is 39.3. The molecule has 0 spiro atoms. The van der Waals surface area contributed by atoms with Gasteiger partial charge in [-0.1, -0.05) is 198 Å². The summed E-state index contributed by atoms with van der Waals surface area (Å²) in [4.78, 5) is 13.3. The largest absolute Gasteiger partial charge is 0.394 e. The molecule has 0 aromatic carbocycles. The Morgan fingerprint density at radius 2 is 0.815 bits per heavy atom. The van der Waals surface area contributed by atoms with Gasteiger partial charge in [0.05, 0.1) is 38.6 Å². The van der Waals surface area contributed by atoms with Crippen LogP contribution in [0.5, 0.6) is 0 Å². The van der Waals surface area contributed by atoms with Crippen molar-refractivity contribution in [3.8, 4) is 0 Å². The van der Waals surface area contributed by atoms with E-state index in [4.69, 9.17) is 28.4 Å². The van der Waals surface area contributed by atoms with Crippen LogP contribution in [0.15, 0.2) is 36.5 Å². The summed E-state index contributed by atoms with van der Waals surface area (Å²) in [5.41, 5.74) is 0. The van der Waals surface area contributed by atoms with Gasteiger partial charge in [-0.05, 0) is 51.4 Å². The van der Waals surface area contributed by atoms with E-state index in [9.17, 15) is 61.0 Å². The van der Waals surface area contributed by atoms with E-state index in [-0.39, 0.29) is 18.9 Å². The second-order valence-corrected chi connectivity index (χ2v) is 22.9. The van der Waals surface area contributed by atoms with Gasteiger partial charge in [0.2, 0.25) is 5.91 Å². The average molecular weight is 1160 g/mol. The molecule has 0 bridgehead atoms. The lowest BCUT2D eigenvalue weighted by atomic mass is 9.96. The Kier molecular flexibility index (Phi) is 41.0. The van der Waals surface area contributed by atoms with Gasteiger partial charge in [0, 0.05) is 6.42 Å². The number of hydrogen-bond donors (Lipinski definition) is 12. The zero-order valence-corrected chi connectivity index (χ0v) is 49.5. The highest BCUT2D eigenvalue weighted by molar-refractivity contribution is 5.76. The molecule has 17 atom stereocenters. The maximum absolute atomic E-state index is 13.3. The Balaban J connectivity index is 1.43. The van der Waals surface area contributed by atoms with Crippen LogP contribution in [0.4, 0.5) is 0 Å². The molecule has 81 heavy (non-hydrogen) atoms. The van der Waals surface area contributed by atoms with Crippen molar-refractivity contribution in [1.29, 1.82) is 0 Å². The maximum atomic E-state index is 13.3. The van der Waals surface area contributed by atoms with Crippen molar-refractivity contribution in [2.75, 3.05) is 26.4 Å². The van der Waals surface area contributed by atoms with E-state index in [1.807, 2.05) is 0 Å². The number of carbonyl (C=O) groups is 1. The van der Waals surface area contributed by atoms with Crippen LogP contribution in [0.3, 0.4) is 0 Å². The second kappa shape index (κ2) is 45.3. The van der Waals surface area contributed by atoms with Crippen molar-refractivity contribution in [2.24, 2.45) is 0 Å². The third-order valence-electron chi connectivity index (χ3n) is 16.0. The average Bonchev–Trinajstić information content (AvgIpc) is 3.51. The van der Waals surface area contributed by atoms with Crippen molar-refractivity contribution in [1.82, 2.24) is 5.32 Å². The van der Waals surface area contributed by atoms with Crippen LogP contribution in [0.2, 0.25) is 0 Å². The molecule has 19 heteroatoms. The Bertz CT molecular complexity index is 1620. The first-order valence-corrected chi connectivity index (χ1v) is 31.7. The summed E-state index contributed by atoms with van der Waals surface area (Å²) in [7, 11) is 0. The highest BCUT2D eigenvalue weighted by Crippen LogP contribution is 2.33. The molecular formula is C62H113NO18. The zero-order chi connectivity index (χ0) is 59.0. The fraction of sp³-hybridized carbons (Fsp3) is 0.887. The van der Waals surface area contributed by atoms with E-state index in [1.54, 1.807) is 0 Å². The fourth-order valence-corrected chi connectivity index (χ4v) is 10.7. The van der Waals surface area contributed by atoms with Gasteiger partial charge in [-0.3, -0.25) is 4.79 Å². The molecule has 0 radical (unpaired) electrons. The molecule has 3 aliphatic heterocycles. The van der Waals surface area contributed by atoms with E-state index in [2.05, 4.69) is 55.6 Å². The highest BCUT2D eigenvalue weighted by atomic mass is 16.8. The quantitative estimate of drug-likeness (QED) is 0.0229. The summed E-state index contributed by atoms with van der Waals surface area (Å²) in [5, 5.41) is 120. The predicted molar refractivity (Wildman–Crippen MR) is 309 cm³/mol. The number of ether oxygens (including phenoxy) is 6. The maximum Gasteiger partial charge on any atom is 0.220 e. The molecule has 0 aromatic heterocycles. The topological polar surface area (TPSA) is 307 Å². The standard InChI is InChI=1S/C62H113NO18/c1-3-5-7-9-11-13-15-16-17-18-19-20-21-22-23-24-25-26-27-28-30-32-34-36-38-40-50(68)63-45(46(67)39-37-35-33-31-29-14-12-10-8-6-4-2)44-76-60-56(74)53(71)58(48(42-65)78-60)81-62-57(75)54(72)59(49(43-66)79-62)80-61-55(73)52(70)51(69)47(41-64)77-61/h15-16,18-19,21-22,45-49,51-62,64-67,69-75H,3-14,17,20,23-44H2,1-2H3,(H,63,68)/b16-15-,19-18-,22-21-. The normalized spacial score (nSPS) is 30.0. The number of amides is 1. The van der Waals surface area contributed by atoms with E-state index >= 15 is 0 Å². The zero-order valence-electron chi connectivity index (χ0n) is 49.5. The van der Waals surface area contributed by atoms with Gasteiger partial charge in [-0.2, -0.15) is 0 Å². The molecule has 474 valence electrons. The molecule has 0 saturated carbocycles. The lowest BCUT2D eigenvalue weighted by Gasteiger charge is -2.48. The van der Waals surface area contributed by atoms with Gasteiger partial charge in [0.1, 0.15) is 73.2 Å². The van der Waals surface area contributed by atoms with Crippen molar-refractivity contribution in [2.45, 2.75) is 324 Å². The molecule has 3 aliphatic rings. The van der Waals surface area contributed by atoms with Crippen molar-refractivity contribution in [3.05, 3.63) is 36.5 Å². The molecule has 17 unspecified atom stereocenters. The van der Waals surface area contributed by atoms with Gasteiger partial charge in [-0.15, -0.1) is 0 Å². The Hall–Kier alpha value is -1.99. The Labute approximate surface area is 485 Å². The van der Waals surface area contributed by atoms with E-state index in [0.29, 0.717) is 12.8 Å². The summed E-state index contributed by atoms with van der Waals surface area (Å²) in [6.45, 7) is 1.76. The van der Waals surface area contributed by atoms with Crippen molar-refractivity contribution < 1.29 is 89.4 Å². The van der Waals surface area contributed by atoms with Gasteiger partial charge < -0.3 is 89.9 Å².